The molecule has 2 aliphatic rings. The number of hydrogen-bond acceptors (Lipinski definition) is 9. The van der Waals surface area contributed by atoms with Crippen molar-refractivity contribution in [3.05, 3.63) is 24.6 Å². The number of carbonyl (C=O) groups excluding carboxylic acids is 1. The number of piperidine rings is 1. The van der Waals surface area contributed by atoms with Crippen LogP contribution in [0.25, 0.3) is 33.7 Å². The molecule has 2 N–H and O–H groups in total. The van der Waals surface area contributed by atoms with Gasteiger partial charge in [-0.25, -0.2) is 24.4 Å². The minimum atomic E-state index is -0.504. The lowest BCUT2D eigenvalue weighted by molar-refractivity contribution is 0.0188. The molecule has 5 heterocycles. The first-order valence-electron chi connectivity index (χ1n) is 13.6. The second-order valence-corrected chi connectivity index (χ2v) is 11.8. The van der Waals surface area contributed by atoms with Crippen molar-refractivity contribution in [3.8, 4) is 22.6 Å². The summed E-state index contributed by atoms with van der Waals surface area (Å²) < 4.78 is 15.5. The average Bonchev–Trinajstić information content (AvgIpc) is 3.28. The van der Waals surface area contributed by atoms with Gasteiger partial charge >= 0.3 is 6.09 Å². The Morgan fingerprint density at radius 2 is 1.85 bits per heavy atom. The zero-order valence-corrected chi connectivity index (χ0v) is 23.1. The van der Waals surface area contributed by atoms with Crippen molar-refractivity contribution >= 4 is 22.9 Å². The molecule has 1 saturated heterocycles. The summed E-state index contributed by atoms with van der Waals surface area (Å²) in [5.41, 5.74) is 9.32. The van der Waals surface area contributed by atoms with Crippen molar-refractivity contribution in [2.24, 2.45) is 0 Å². The summed E-state index contributed by atoms with van der Waals surface area (Å²) in [5.74, 6) is 1.50. The van der Waals surface area contributed by atoms with E-state index in [1.165, 1.54) is 6.33 Å². The van der Waals surface area contributed by atoms with Gasteiger partial charge in [0.1, 0.15) is 34.9 Å². The molecule has 0 atom stereocenters. The normalized spacial score (nSPS) is 16.9. The monoisotopic (exact) mass is 533 g/mol. The maximum absolute atomic E-state index is 12.5. The van der Waals surface area contributed by atoms with Crippen LogP contribution < -0.4 is 5.73 Å². The lowest BCUT2D eigenvalue weighted by atomic mass is 10.0. The third-order valence-electron chi connectivity index (χ3n) is 7.29. The molecule has 6 rings (SSSR count). The first-order valence-corrected chi connectivity index (χ1v) is 13.6. The first-order chi connectivity index (χ1) is 18.6. The van der Waals surface area contributed by atoms with Gasteiger partial charge in [-0.2, -0.15) is 5.10 Å². The van der Waals surface area contributed by atoms with E-state index in [0.29, 0.717) is 47.2 Å². The highest BCUT2D eigenvalue weighted by molar-refractivity contribution is 6.00. The van der Waals surface area contributed by atoms with Crippen molar-refractivity contribution < 1.29 is 14.1 Å². The maximum atomic E-state index is 12.5. The molecular weight excluding hydrogens is 498 g/mol. The van der Waals surface area contributed by atoms with Gasteiger partial charge in [0.15, 0.2) is 5.65 Å². The van der Waals surface area contributed by atoms with Crippen LogP contribution in [0.2, 0.25) is 0 Å². The van der Waals surface area contributed by atoms with E-state index in [2.05, 4.69) is 25.9 Å². The molecule has 4 aromatic heterocycles. The summed E-state index contributed by atoms with van der Waals surface area (Å²) in [6.07, 6.45) is 8.85. The van der Waals surface area contributed by atoms with Gasteiger partial charge in [0.05, 0.1) is 23.0 Å². The van der Waals surface area contributed by atoms with E-state index in [0.717, 1.165) is 42.7 Å². The van der Waals surface area contributed by atoms with Gasteiger partial charge in [-0.3, -0.25) is 0 Å². The van der Waals surface area contributed by atoms with Gasteiger partial charge in [-0.05, 0) is 60.3 Å². The molecule has 39 heavy (non-hydrogen) atoms. The molecule has 4 aromatic rings. The number of nitrogens with zero attached hydrogens (tertiary/aromatic N) is 8. The SMILES string of the molecule is CC(C)n1nc(-c2noc(C3CC3)c2-c2cn(C3CCN(C(=O)OC(C)(C)C)CC3)cn2)c2c(N)ncnc21. The molecule has 1 aliphatic carbocycles. The number of likely N-dealkylation sites (tertiary alicyclic amines) is 1. The molecular formula is C27H35N9O3. The van der Waals surface area contributed by atoms with E-state index in [-0.39, 0.29) is 18.2 Å². The van der Waals surface area contributed by atoms with Crippen LogP contribution in [0.4, 0.5) is 10.6 Å². The predicted molar refractivity (Wildman–Crippen MR) is 145 cm³/mol. The van der Waals surface area contributed by atoms with Crippen molar-refractivity contribution in [1.29, 1.82) is 0 Å². The lowest BCUT2D eigenvalue weighted by Gasteiger charge is -2.33. The highest BCUT2D eigenvalue weighted by Crippen LogP contribution is 2.48. The number of ether oxygens (including phenoxy) is 1. The third-order valence-corrected chi connectivity index (χ3v) is 7.29. The Labute approximate surface area is 226 Å². The summed E-state index contributed by atoms with van der Waals surface area (Å²) in [6, 6.07) is 0.294. The molecule has 1 amide bonds. The number of rotatable bonds is 5. The Morgan fingerprint density at radius 1 is 1.10 bits per heavy atom. The minimum absolute atomic E-state index is 0.0690. The van der Waals surface area contributed by atoms with Crippen LogP contribution in [0.15, 0.2) is 23.4 Å². The summed E-state index contributed by atoms with van der Waals surface area (Å²) in [4.78, 5) is 27.8. The molecule has 1 aliphatic heterocycles. The highest BCUT2D eigenvalue weighted by atomic mass is 16.6. The average molecular weight is 534 g/mol. The fourth-order valence-corrected chi connectivity index (χ4v) is 5.20. The molecule has 0 spiro atoms. The number of nitrogen functional groups attached to an aromatic ring is 1. The molecule has 0 bridgehead atoms. The second kappa shape index (κ2) is 9.35. The van der Waals surface area contributed by atoms with Crippen LogP contribution >= 0.6 is 0 Å². The summed E-state index contributed by atoms with van der Waals surface area (Å²) in [7, 11) is 0. The predicted octanol–water partition coefficient (Wildman–Crippen LogP) is 4.96. The van der Waals surface area contributed by atoms with E-state index >= 15 is 0 Å². The van der Waals surface area contributed by atoms with Crippen LogP contribution in [-0.4, -0.2) is 64.1 Å². The second-order valence-electron chi connectivity index (χ2n) is 11.8. The van der Waals surface area contributed by atoms with Gasteiger partial charge in [-0.1, -0.05) is 5.16 Å². The van der Waals surface area contributed by atoms with Crippen molar-refractivity contribution in [1.82, 2.24) is 39.4 Å². The number of carbonyl (C=O) groups is 1. The molecule has 206 valence electrons. The standard InChI is InChI=1S/C27H35N9O3/c1-15(2)36-25-20(24(28)29-13-30-25)21(32-36)22-19(23(39-33-22)16-6-7-16)18-12-35(14-31-18)17-8-10-34(11-9-17)26(37)38-27(3,4)5/h12-17H,6-11H2,1-5H3,(H2,28,29,30). The van der Waals surface area contributed by atoms with Crippen LogP contribution in [0.3, 0.4) is 0 Å². The van der Waals surface area contributed by atoms with Crippen LogP contribution in [0.5, 0.6) is 0 Å². The summed E-state index contributed by atoms with van der Waals surface area (Å²) in [5, 5.41) is 10.0. The summed E-state index contributed by atoms with van der Waals surface area (Å²) >= 11 is 0. The van der Waals surface area contributed by atoms with Crippen molar-refractivity contribution in [3.63, 3.8) is 0 Å². The molecule has 0 unspecified atom stereocenters. The van der Waals surface area contributed by atoms with Gasteiger partial charge < -0.3 is 24.5 Å². The Bertz CT molecular complexity index is 1520. The largest absolute Gasteiger partial charge is 0.444 e. The number of anilines is 1. The van der Waals surface area contributed by atoms with E-state index < -0.39 is 5.60 Å². The van der Waals surface area contributed by atoms with E-state index in [4.69, 9.17) is 25.1 Å². The Kier molecular flexibility index (Phi) is 6.07. The Balaban J connectivity index is 1.32. The van der Waals surface area contributed by atoms with Crippen LogP contribution in [0.1, 0.15) is 84.1 Å². The van der Waals surface area contributed by atoms with Gasteiger partial charge in [0.25, 0.3) is 0 Å². The summed E-state index contributed by atoms with van der Waals surface area (Å²) in [6.45, 7) is 11.0. The fourth-order valence-electron chi connectivity index (χ4n) is 5.20. The Hall–Kier alpha value is -3.96. The zero-order chi connectivity index (χ0) is 27.5. The number of aromatic nitrogens is 7. The molecule has 0 radical (unpaired) electrons. The number of imidazole rings is 1. The molecule has 0 aromatic carbocycles. The van der Waals surface area contributed by atoms with Crippen LogP contribution in [-0.2, 0) is 4.74 Å². The van der Waals surface area contributed by atoms with E-state index in [9.17, 15) is 4.79 Å². The number of hydrogen-bond donors (Lipinski definition) is 1. The lowest BCUT2D eigenvalue weighted by Crippen LogP contribution is -2.42. The third kappa shape index (κ3) is 4.72. The minimum Gasteiger partial charge on any atom is -0.444 e. The van der Waals surface area contributed by atoms with E-state index in [1.807, 2.05) is 45.6 Å². The van der Waals surface area contributed by atoms with Crippen molar-refractivity contribution in [2.75, 3.05) is 18.8 Å². The van der Waals surface area contributed by atoms with E-state index in [1.54, 1.807) is 4.90 Å². The van der Waals surface area contributed by atoms with Gasteiger partial charge in [0.2, 0.25) is 0 Å². The van der Waals surface area contributed by atoms with Crippen molar-refractivity contribution in [2.45, 2.75) is 83.9 Å². The topological polar surface area (TPSA) is 143 Å². The quantitative estimate of drug-likeness (QED) is 0.376. The maximum Gasteiger partial charge on any atom is 0.410 e. The number of nitrogens with two attached hydrogens (primary N) is 1. The molecule has 2 fully saturated rings. The fraction of sp³-hybridized carbons (Fsp3) is 0.556. The van der Waals surface area contributed by atoms with Crippen LogP contribution in [0, 0.1) is 0 Å². The molecule has 1 saturated carbocycles. The molecule has 12 nitrogen and oxygen atoms in total. The number of amides is 1. The smallest absolute Gasteiger partial charge is 0.410 e. The number of fused-ring (bicyclic) bond motifs is 1. The van der Waals surface area contributed by atoms with Gasteiger partial charge in [-0.15, -0.1) is 0 Å². The highest BCUT2D eigenvalue weighted by Gasteiger charge is 2.36. The molecule has 12 heteroatoms. The Morgan fingerprint density at radius 3 is 2.51 bits per heavy atom. The van der Waals surface area contributed by atoms with Gasteiger partial charge in [0, 0.05) is 37.3 Å². The first kappa shape index (κ1) is 25.3. The zero-order valence-electron chi connectivity index (χ0n) is 23.1.